The van der Waals surface area contributed by atoms with E-state index in [1.54, 1.807) is 37.8 Å². The second-order valence-corrected chi connectivity index (χ2v) is 12.3. The number of aryl methyl sites for hydroxylation is 1. The van der Waals surface area contributed by atoms with Gasteiger partial charge < -0.3 is 47.6 Å². The third-order valence-corrected chi connectivity index (χ3v) is 8.46. The number of carbonyl (C=O) groups excluding carboxylic acids is 2. The summed E-state index contributed by atoms with van der Waals surface area (Å²) < 4.78 is 10.9. The van der Waals surface area contributed by atoms with Crippen LogP contribution in [0, 0.1) is 18.3 Å². The topological polar surface area (TPSA) is 195 Å². The minimum Gasteiger partial charge on any atom is -0.398 e. The summed E-state index contributed by atoms with van der Waals surface area (Å²) in [5.41, 5.74) is 23.5. The van der Waals surface area contributed by atoms with E-state index in [-0.39, 0.29) is 23.4 Å². The fourth-order valence-electron chi connectivity index (χ4n) is 5.46. The van der Waals surface area contributed by atoms with E-state index >= 15 is 0 Å². The van der Waals surface area contributed by atoms with Crippen molar-refractivity contribution in [2.75, 3.05) is 38.7 Å². The zero-order valence-corrected chi connectivity index (χ0v) is 28.3. The number of aromatic nitrogens is 1. The van der Waals surface area contributed by atoms with Gasteiger partial charge in [0.25, 0.3) is 5.91 Å². The van der Waals surface area contributed by atoms with Gasteiger partial charge in [-0.3, -0.25) is 9.59 Å². The lowest BCUT2D eigenvalue weighted by atomic mass is 9.99. The van der Waals surface area contributed by atoms with E-state index < -0.39 is 5.91 Å². The fourth-order valence-corrected chi connectivity index (χ4v) is 5.46. The number of anilines is 1. The Balaban J connectivity index is 1.48. The van der Waals surface area contributed by atoms with Gasteiger partial charge in [-0.05, 0) is 69.2 Å². The number of nitrogens with zero attached hydrogens (tertiary/aromatic N) is 2. The lowest BCUT2D eigenvalue weighted by molar-refractivity contribution is -0.116. The predicted molar refractivity (Wildman–Crippen MR) is 194 cm³/mol. The average Bonchev–Trinajstić information content (AvgIpc) is 3.11. The van der Waals surface area contributed by atoms with E-state index in [2.05, 4.69) is 15.6 Å². The molecule has 12 heteroatoms. The van der Waals surface area contributed by atoms with Crippen LogP contribution in [0.2, 0.25) is 0 Å². The highest BCUT2D eigenvalue weighted by molar-refractivity contribution is 6.08. The molecule has 0 spiro atoms. The number of pyridine rings is 1. The zero-order valence-electron chi connectivity index (χ0n) is 28.3. The van der Waals surface area contributed by atoms with Crippen molar-refractivity contribution in [3.8, 4) is 0 Å². The number of hydrogen-bond acceptors (Lipinski definition) is 11. The van der Waals surface area contributed by atoms with Crippen LogP contribution in [0.3, 0.4) is 0 Å². The van der Waals surface area contributed by atoms with E-state index in [0.717, 1.165) is 43.1 Å². The van der Waals surface area contributed by atoms with Gasteiger partial charge in [-0.2, -0.15) is 0 Å². The molecule has 2 fully saturated rings. The Bertz CT molecular complexity index is 1620. The summed E-state index contributed by atoms with van der Waals surface area (Å²) in [5.74, 6) is 0.223. The van der Waals surface area contributed by atoms with Crippen molar-refractivity contribution in [1.29, 1.82) is 5.41 Å². The number of amides is 1. The average molecular weight is 669 g/mol. The normalized spacial score (nSPS) is 17.4. The van der Waals surface area contributed by atoms with E-state index in [1.165, 1.54) is 18.4 Å². The van der Waals surface area contributed by atoms with Crippen LogP contribution in [-0.4, -0.2) is 67.3 Å². The van der Waals surface area contributed by atoms with Crippen molar-refractivity contribution in [2.45, 2.75) is 45.6 Å². The summed E-state index contributed by atoms with van der Waals surface area (Å²) in [6.07, 6.45) is 15.5. The molecule has 49 heavy (non-hydrogen) atoms. The summed E-state index contributed by atoms with van der Waals surface area (Å²) in [6.45, 7) is 7.08. The molecule has 12 nitrogen and oxygen atoms in total. The molecule has 0 radical (unpaired) electrons. The molecule has 0 aliphatic carbocycles. The number of carbonyl (C=O) groups is 2. The number of ether oxygens (including phenoxy) is 2. The Morgan fingerprint density at radius 1 is 1.00 bits per heavy atom. The van der Waals surface area contributed by atoms with Crippen LogP contribution in [0.4, 0.5) is 5.82 Å². The molecule has 2 aliphatic heterocycles. The molecule has 1 aromatic heterocycles. The monoisotopic (exact) mass is 668 g/mol. The summed E-state index contributed by atoms with van der Waals surface area (Å²) in [6, 6.07) is 9.77. The first-order valence-electron chi connectivity index (χ1n) is 16.5. The van der Waals surface area contributed by atoms with Crippen LogP contribution in [0.1, 0.15) is 54.9 Å². The van der Waals surface area contributed by atoms with Gasteiger partial charge in [0.05, 0.1) is 0 Å². The van der Waals surface area contributed by atoms with Crippen molar-refractivity contribution < 1.29 is 19.1 Å². The van der Waals surface area contributed by atoms with Crippen LogP contribution in [-0.2, 0) is 19.1 Å². The molecule has 260 valence electrons. The van der Waals surface area contributed by atoms with E-state index in [0.29, 0.717) is 66.7 Å². The number of hydrogen-bond donors (Lipinski definition) is 6. The van der Waals surface area contributed by atoms with Gasteiger partial charge in [0.2, 0.25) is 0 Å². The second kappa shape index (κ2) is 18.4. The first-order chi connectivity index (χ1) is 23.7. The molecular weight excluding hydrogens is 620 g/mol. The summed E-state index contributed by atoms with van der Waals surface area (Å²) in [5, 5.41) is 14.0. The van der Waals surface area contributed by atoms with Gasteiger partial charge in [0.15, 0.2) is 6.29 Å². The van der Waals surface area contributed by atoms with Gasteiger partial charge >= 0.3 is 0 Å². The summed E-state index contributed by atoms with van der Waals surface area (Å²) in [4.78, 5) is 31.5. The summed E-state index contributed by atoms with van der Waals surface area (Å²) in [7, 11) is 0. The Labute approximate surface area is 288 Å². The maximum atomic E-state index is 13.2. The van der Waals surface area contributed by atoms with Gasteiger partial charge in [0.1, 0.15) is 11.6 Å². The molecular formula is C37H48N8O4. The van der Waals surface area contributed by atoms with Gasteiger partial charge in [0, 0.05) is 104 Å². The minimum absolute atomic E-state index is 0.0730. The van der Waals surface area contributed by atoms with Crippen molar-refractivity contribution >= 4 is 41.1 Å². The number of nitrogens with one attached hydrogen (secondary N) is 3. The Morgan fingerprint density at radius 3 is 2.33 bits per heavy atom. The molecule has 0 atom stereocenters. The molecule has 4 rings (SSSR count). The van der Waals surface area contributed by atoms with Crippen molar-refractivity contribution in [3.05, 3.63) is 101 Å². The molecule has 2 aliphatic rings. The van der Waals surface area contributed by atoms with Crippen molar-refractivity contribution in [3.63, 3.8) is 0 Å². The van der Waals surface area contributed by atoms with E-state index in [9.17, 15) is 9.59 Å². The largest absolute Gasteiger partial charge is 0.398 e. The number of nitrogens with two attached hydrogens (primary N) is 3. The van der Waals surface area contributed by atoms with Crippen LogP contribution >= 0.6 is 0 Å². The number of rotatable bonds is 14. The number of allylic oxidation sites excluding steroid dienone is 4. The number of aldehydes is 1. The Morgan fingerprint density at radius 2 is 1.67 bits per heavy atom. The molecule has 0 bridgehead atoms. The van der Waals surface area contributed by atoms with Gasteiger partial charge in [-0.15, -0.1) is 0 Å². The first kappa shape index (κ1) is 36.6. The molecule has 2 aromatic rings. The number of nitrogen functional groups attached to an aromatic ring is 1. The molecule has 3 heterocycles. The van der Waals surface area contributed by atoms with Gasteiger partial charge in [-0.1, -0.05) is 29.8 Å². The van der Waals surface area contributed by atoms with Crippen LogP contribution in [0.5, 0.6) is 0 Å². The molecule has 9 N–H and O–H groups in total. The third kappa shape index (κ3) is 11.2. The quantitative estimate of drug-likeness (QED) is 0.0746. The molecule has 2 saturated heterocycles. The van der Waals surface area contributed by atoms with Crippen LogP contribution in [0.25, 0.3) is 16.8 Å². The smallest absolute Gasteiger partial charge is 0.253 e. The lowest BCUT2D eigenvalue weighted by Gasteiger charge is -2.27. The maximum Gasteiger partial charge on any atom is 0.253 e. The second-order valence-electron chi connectivity index (χ2n) is 12.3. The molecule has 1 amide bonds. The molecule has 0 unspecified atom stereocenters. The van der Waals surface area contributed by atoms with Crippen LogP contribution < -0.4 is 27.8 Å². The van der Waals surface area contributed by atoms with E-state index in [1.807, 2.05) is 36.1 Å². The minimum atomic E-state index is -0.407. The molecule has 0 saturated carbocycles. The Kier molecular flexibility index (Phi) is 13.7. The highest BCUT2D eigenvalue weighted by atomic mass is 16.5. The fraction of sp³-hybridized carbons (Fsp3) is 0.351. The predicted octanol–water partition coefficient (Wildman–Crippen LogP) is 3.82. The maximum absolute atomic E-state index is 13.2. The number of benzene rings is 1. The van der Waals surface area contributed by atoms with Crippen LogP contribution in [0.15, 0.2) is 78.7 Å². The summed E-state index contributed by atoms with van der Waals surface area (Å²) >= 11 is 0. The Hall–Kier alpha value is -5.20. The first-order valence-corrected chi connectivity index (χ1v) is 16.5. The van der Waals surface area contributed by atoms with Crippen molar-refractivity contribution in [1.82, 2.24) is 20.5 Å². The van der Waals surface area contributed by atoms with Gasteiger partial charge in [-0.25, -0.2) is 4.98 Å². The van der Waals surface area contributed by atoms with E-state index in [4.69, 9.17) is 32.1 Å². The zero-order chi connectivity index (χ0) is 35.2. The SMILES string of the molecule is C/C(=C\N(/C=C(\C=O)c1ccc(C)cc1)CC1CCOCC1)C(=O)N/C(N)=C/C=C(\N)c1cc(/C(C=N)=C/NC2CCOCC2)cnc1N. The standard InChI is InChI=1S/C37H48N8O4/c1-25-3-5-28(6-4-25)31(24-46)23-45(22-27-9-13-48-14-10-27)21-26(2)37(47)44-35(40)8-7-34(39)33-17-29(19-43-36(33)41)30(18-38)20-42-32-11-15-49-16-12-32/h3-8,17-21,23-24,27,32,38,42H,9-16,22,39-40H2,1-2H3,(H2,41,43)(H,44,47)/b26-21+,30-20+,31-23+,34-7-,35-8+,38-18?. The van der Waals surface area contributed by atoms with Crippen molar-refractivity contribution in [2.24, 2.45) is 17.4 Å². The lowest BCUT2D eigenvalue weighted by Crippen LogP contribution is -2.31. The third-order valence-electron chi connectivity index (χ3n) is 8.46. The molecule has 1 aromatic carbocycles. The highest BCUT2D eigenvalue weighted by Crippen LogP contribution is 2.22. The highest BCUT2D eigenvalue weighted by Gasteiger charge is 2.18.